The summed E-state index contributed by atoms with van der Waals surface area (Å²) in [5.74, 6) is -26.3. The molecule has 3 rings (SSSR count). The molecule has 0 aliphatic rings. The molecule has 5 atom stereocenters. The number of phenols is 1. The van der Waals surface area contributed by atoms with Crippen molar-refractivity contribution in [3.05, 3.63) is 48.0 Å². The van der Waals surface area contributed by atoms with E-state index < -0.39 is 141 Å². The number of halogens is 8. The largest absolute Gasteiger partial charge is 0.506 e. The van der Waals surface area contributed by atoms with Gasteiger partial charge in [-0.05, 0) is 114 Å². The van der Waals surface area contributed by atoms with Gasteiger partial charge in [-0.3, -0.25) is 24.0 Å². The molecular weight excluding hydrogens is 1100 g/mol. The number of rotatable bonds is 36. The molecule has 14 nitrogen and oxygen atoms in total. The zero-order chi connectivity index (χ0) is 60.5. The van der Waals surface area contributed by atoms with Crippen LogP contribution in [-0.4, -0.2) is 127 Å². The van der Waals surface area contributed by atoms with Crippen LogP contribution in [0.4, 0.5) is 35.1 Å². The summed E-state index contributed by atoms with van der Waals surface area (Å²) in [6, 6.07) is 12.5. The smallest absolute Gasteiger partial charge is 0.313 e. The number of aromatic nitrogens is 3. The highest BCUT2D eigenvalue weighted by Gasteiger charge is 2.54. The average Bonchev–Trinajstić information content (AvgIpc) is 3.79. The van der Waals surface area contributed by atoms with E-state index in [0.717, 1.165) is 6.04 Å². The molecule has 0 fully saturated rings. The second-order valence-electron chi connectivity index (χ2n) is 23.0. The first-order chi connectivity index (χ1) is 37.0. The zero-order valence-corrected chi connectivity index (χ0v) is 49.8. The molecule has 0 amide bonds. The standard InChI is InChI=1S/C56H81F8N3O11SSi/c1-12-23-51(4,48(72)77-27-17-32-80(9,10)11)35-40(46(70)75-30-25-56(63,64)54(7,59)60)37-52(5,49(73)76-26-16-31-79-8)36-39(45(69)74-29-24-55(61,62)53(6,57)58)34-50(3,13-2)47(71)78-28-22-38-20-21-44(68)43(33-38)67-65-41-18-14-15-19-42(41)66-67/h14-15,18-21,33,39-40,68H,12-13,16-17,22-32,34-37H2,1-11H3. The summed E-state index contributed by atoms with van der Waals surface area (Å²) in [4.78, 5) is 72.9. The molecule has 0 aliphatic heterocycles. The zero-order valence-electron chi connectivity index (χ0n) is 47.9. The van der Waals surface area contributed by atoms with E-state index in [4.69, 9.17) is 23.7 Å². The Morgan fingerprint density at radius 1 is 0.613 bits per heavy atom. The predicted octanol–water partition coefficient (Wildman–Crippen LogP) is 13.2. The fraction of sp³-hybridized carbons (Fsp3) is 0.696. The number of carbonyl (C=O) groups is 5. The summed E-state index contributed by atoms with van der Waals surface area (Å²) < 4.78 is 142. The second kappa shape index (κ2) is 29.3. The van der Waals surface area contributed by atoms with E-state index in [9.17, 15) is 64.2 Å². The van der Waals surface area contributed by atoms with Crippen LogP contribution in [0.2, 0.25) is 25.7 Å². The summed E-state index contributed by atoms with van der Waals surface area (Å²) in [7, 11) is -1.56. The fourth-order valence-electron chi connectivity index (χ4n) is 9.12. The molecule has 452 valence electrons. The van der Waals surface area contributed by atoms with Gasteiger partial charge in [-0.2, -0.15) is 29.3 Å². The van der Waals surface area contributed by atoms with Crippen molar-refractivity contribution in [1.82, 2.24) is 15.0 Å². The third-order valence-electron chi connectivity index (χ3n) is 14.3. The van der Waals surface area contributed by atoms with Gasteiger partial charge in [0.05, 0.1) is 74.0 Å². The van der Waals surface area contributed by atoms with E-state index in [2.05, 4.69) is 29.8 Å². The van der Waals surface area contributed by atoms with Crippen LogP contribution >= 0.6 is 11.8 Å². The molecule has 0 bridgehead atoms. The van der Waals surface area contributed by atoms with Crippen molar-refractivity contribution in [2.24, 2.45) is 28.1 Å². The first-order valence-corrected chi connectivity index (χ1v) is 32.1. The van der Waals surface area contributed by atoms with Crippen LogP contribution in [0, 0.1) is 28.1 Å². The van der Waals surface area contributed by atoms with Gasteiger partial charge in [0, 0.05) is 28.3 Å². The minimum Gasteiger partial charge on any atom is -0.506 e. The number of alkyl halides is 8. The molecule has 24 heteroatoms. The van der Waals surface area contributed by atoms with Crippen molar-refractivity contribution in [3.8, 4) is 11.4 Å². The topological polar surface area (TPSA) is 182 Å². The summed E-state index contributed by atoms with van der Waals surface area (Å²) in [6.45, 7) is 11.1. The number of hydrogen-bond donors (Lipinski definition) is 1. The molecule has 0 spiro atoms. The van der Waals surface area contributed by atoms with Crippen molar-refractivity contribution in [1.29, 1.82) is 0 Å². The van der Waals surface area contributed by atoms with Gasteiger partial charge in [-0.15, -0.1) is 15.0 Å². The van der Waals surface area contributed by atoms with E-state index in [1.165, 1.54) is 43.4 Å². The SMILES string of the molecule is CCCC(C)(CC(CC(C)(CC(CC(C)(CC)C(=O)OCCc1ccc(O)c(-n2nc3ccccc3n2)c1)C(=O)OCCC(F)(F)C(C)(F)F)C(=O)OCCCSC)C(=O)OCCC(F)(F)C(C)(F)F)C(=O)OCCC[Si](C)(C)C. The van der Waals surface area contributed by atoms with E-state index in [-0.39, 0.29) is 64.4 Å². The van der Waals surface area contributed by atoms with Crippen molar-refractivity contribution in [2.45, 2.75) is 175 Å². The Morgan fingerprint density at radius 2 is 1.06 bits per heavy atom. The van der Waals surface area contributed by atoms with Crippen molar-refractivity contribution in [2.75, 3.05) is 45.0 Å². The van der Waals surface area contributed by atoms with Crippen LogP contribution < -0.4 is 0 Å². The first-order valence-electron chi connectivity index (χ1n) is 27.0. The van der Waals surface area contributed by atoms with E-state index >= 15 is 0 Å². The Balaban J connectivity index is 2.11. The summed E-state index contributed by atoms with van der Waals surface area (Å²) >= 11 is 1.43. The van der Waals surface area contributed by atoms with Gasteiger partial charge in [0.1, 0.15) is 22.5 Å². The number of fused-ring (bicyclic) bond motifs is 1. The fourth-order valence-corrected chi connectivity index (χ4v) is 10.7. The Hall–Kier alpha value is -5.00. The van der Waals surface area contributed by atoms with Crippen LogP contribution in [0.5, 0.6) is 5.75 Å². The highest BCUT2D eigenvalue weighted by Crippen LogP contribution is 2.46. The van der Waals surface area contributed by atoms with Gasteiger partial charge < -0.3 is 28.8 Å². The van der Waals surface area contributed by atoms with E-state index in [1.807, 2.05) is 0 Å². The maximum atomic E-state index is 14.7. The highest BCUT2D eigenvalue weighted by atomic mass is 32.2. The lowest BCUT2D eigenvalue weighted by Crippen LogP contribution is -2.43. The van der Waals surface area contributed by atoms with Gasteiger partial charge in [0.25, 0.3) is 0 Å². The van der Waals surface area contributed by atoms with Crippen LogP contribution in [0.1, 0.15) is 125 Å². The van der Waals surface area contributed by atoms with Crippen LogP contribution in [0.25, 0.3) is 16.7 Å². The number of phenolic OH excluding ortho intramolecular Hbond substituents is 1. The molecule has 0 aliphatic carbocycles. The Labute approximate surface area is 469 Å². The molecule has 1 aromatic heterocycles. The molecule has 2 aromatic carbocycles. The predicted molar refractivity (Wildman–Crippen MR) is 290 cm³/mol. The minimum atomic E-state index is -4.63. The molecular formula is C56H81F8N3O11SSi. The maximum Gasteiger partial charge on any atom is 0.313 e. The van der Waals surface area contributed by atoms with Gasteiger partial charge in [0.15, 0.2) is 0 Å². The molecule has 1 N–H and O–H groups in total. The second-order valence-corrected chi connectivity index (χ2v) is 29.6. The van der Waals surface area contributed by atoms with Crippen LogP contribution in [0.3, 0.4) is 0 Å². The van der Waals surface area contributed by atoms with Crippen molar-refractivity contribution in [3.63, 3.8) is 0 Å². The molecule has 3 aromatic rings. The van der Waals surface area contributed by atoms with E-state index in [1.54, 1.807) is 56.5 Å². The first kappa shape index (κ1) is 69.3. The number of benzene rings is 2. The van der Waals surface area contributed by atoms with Crippen LogP contribution in [-0.2, 0) is 54.1 Å². The maximum absolute atomic E-state index is 14.7. The number of ether oxygens (including phenoxy) is 5. The molecule has 5 unspecified atom stereocenters. The summed E-state index contributed by atoms with van der Waals surface area (Å²) in [5.41, 5.74) is -3.23. The number of aromatic hydroxyl groups is 1. The van der Waals surface area contributed by atoms with Crippen molar-refractivity contribution < 1.29 is 87.9 Å². The Kier molecular flexibility index (Phi) is 25.4. The number of thioether (sulfide) groups is 1. The van der Waals surface area contributed by atoms with Gasteiger partial charge in [-0.25, -0.2) is 17.6 Å². The number of hydrogen-bond acceptors (Lipinski definition) is 14. The number of nitrogens with zero attached hydrogens (tertiary/aromatic N) is 3. The quantitative estimate of drug-likeness (QED) is 0.0191. The molecule has 80 heavy (non-hydrogen) atoms. The molecule has 1 heterocycles. The Morgan fingerprint density at radius 3 is 1.52 bits per heavy atom. The van der Waals surface area contributed by atoms with E-state index in [0.29, 0.717) is 41.6 Å². The lowest BCUT2D eigenvalue weighted by atomic mass is 9.67. The highest BCUT2D eigenvalue weighted by molar-refractivity contribution is 7.98. The lowest BCUT2D eigenvalue weighted by molar-refractivity contribution is -0.207. The molecule has 0 radical (unpaired) electrons. The number of carbonyl (C=O) groups excluding carboxylic acids is 5. The van der Waals surface area contributed by atoms with Crippen molar-refractivity contribution >= 4 is 60.7 Å². The third kappa shape index (κ3) is 20.5. The third-order valence-corrected chi connectivity index (χ3v) is 16.9. The number of esters is 5. The molecule has 0 saturated heterocycles. The van der Waals surface area contributed by atoms with Gasteiger partial charge in [-0.1, -0.05) is 64.2 Å². The lowest BCUT2D eigenvalue weighted by Gasteiger charge is -2.38. The summed E-state index contributed by atoms with van der Waals surface area (Å²) in [5, 5.41) is 19.5. The van der Waals surface area contributed by atoms with Crippen LogP contribution in [0.15, 0.2) is 42.5 Å². The molecule has 0 saturated carbocycles. The summed E-state index contributed by atoms with van der Waals surface area (Å²) in [6.07, 6.45) is -2.37. The average molecular weight is 1180 g/mol. The monoisotopic (exact) mass is 1180 g/mol. The van der Waals surface area contributed by atoms with Gasteiger partial charge >= 0.3 is 53.5 Å². The normalized spacial score (nSPS) is 15.7. The Bertz CT molecular complexity index is 2490. The minimum absolute atomic E-state index is 0.00316. The van der Waals surface area contributed by atoms with Gasteiger partial charge in [0.2, 0.25) is 0 Å².